The summed E-state index contributed by atoms with van der Waals surface area (Å²) in [4.78, 5) is 6.38. The summed E-state index contributed by atoms with van der Waals surface area (Å²) in [5.74, 6) is 1.73. The lowest BCUT2D eigenvalue weighted by Crippen LogP contribution is -2.57. The van der Waals surface area contributed by atoms with E-state index >= 15 is 0 Å². The normalized spacial score (nSPS) is 30.9. The van der Waals surface area contributed by atoms with Crippen LogP contribution in [-0.4, -0.2) is 56.5 Å². The lowest BCUT2D eigenvalue weighted by molar-refractivity contribution is 0.352. The van der Waals surface area contributed by atoms with Crippen molar-refractivity contribution in [2.45, 2.75) is 38.9 Å². The maximum absolute atomic E-state index is 12.0. The van der Waals surface area contributed by atoms with Gasteiger partial charge in [0.05, 0.1) is 10.5 Å². The van der Waals surface area contributed by atoms with E-state index in [2.05, 4.69) is 29.1 Å². The number of sulfone groups is 1. The Hall–Kier alpha value is -0.780. The van der Waals surface area contributed by atoms with Gasteiger partial charge in [0.1, 0.15) is 0 Å². The molecular formula is C14H27N3O2S. The molecule has 1 N–H and O–H groups in total. The first-order valence-electron chi connectivity index (χ1n) is 7.27. The number of guanidine groups is 1. The minimum Gasteiger partial charge on any atom is -0.356 e. The molecule has 1 aliphatic heterocycles. The van der Waals surface area contributed by atoms with Gasteiger partial charge < -0.3 is 10.2 Å². The van der Waals surface area contributed by atoms with Crippen molar-refractivity contribution in [1.82, 2.24) is 10.2 Å². The van der Waals surface area contributed by atoms with Crippen LogP contribution in [0, 0.1) is 11.3 Å². The summed E-state index contributed by atoms with van der Waals surface area (Å²) in [7, 11) is -1.24. The highest BCUT2D eigenvalue weighted by Gasteiger charge is 2.46. The van der Waals surface area contributed by atoms with Crippen LogP contribution < -0.4 is 5.32 Å². The molecule has 20 heavy (non-hydrogen) atoms. The Morgan fingerprint density at radius 3 is 2.40 bits per heavy atom. The smallest absolute Gasteiger partial charge is 0.193 e. The van der Waals surface area contributed by atoms with Gasteiger partial charge in [-0.2, -0.15) is 0 Å². The van der Waals surface area contributed by atoms with Gasteiger partial charge in [-0.3, -0.25) is 4.99 Å². The Morgan fingerprint density at radius 1 is 1.35 bits per heavy atom. The van der Waals surface area contributed by atoms with Crippen LogP contribution in [0.2, 0.25) is 0 Å². The standard InChI is InChI=1S/C14H27N3O2S/c1-13(2)8-11(13)9-16-12(15-5)17-6-7-20(18,19)14(3,4)10-17/h11H,6-10H2,1-5H3,(H,15,16). The molecule has 1 heterocycles. The van der Waals surface area contributed by atoms with Gasteiger partial charge in [0, 0.05) is 26.7 Å². The summed E-state index contributed by atoms with van der Waals surface area (Å²) in [5.41, 5.74) is 0.441. The van der Waals surface area contributed by atoms with Gasteiger partial charge in [-0.1, -0.05) is 13.8 Å². The van der Waals surface area contributed by atoms with E-state index in [-0.39, 0.29) is 5.75 Å². The van der Waals surface area contributed by atoms with Gasteiger partial charge in [0.15, 0.2) is 15.8 Å². The summed E-state index contributed by atoms with van der Waals surface area (Å²) in [6, 6.07) is 0. The summed E-state index contributed by atoms with van der Waals surface area (Å²) in [5, 5.41) is 3.40. The molecule has 0 spiro atoms. The van der Waals surface area contributed by atoms with Crippen LogP contribution in [0.25, 0.3) is 0 Å². The molecule has 2 fully saturated rings. The van der Waals surface area contributed by atoms with E-state index < -0.39 is 14.6 Å². The molecular weight excluding hydrogens is 274 g/mol. The summed E-state index contributed by atoms with van der Waals surface area (Å²) in [6.45, 7) is 10.1. The van der Waals surface area contributed by atoms with Gasteiger partial charge in [0.2, 0.25) is 0 Å². The molecule has 2 aliphatic rings. The molecule has 6 heteroatoms. The van der Waals surface area contributed by atoms with Crippen LogP contribution in [0.3, 0.4) is 0 Å². The maximum Gasteiger partial charge on any atom is 0.193 e. The number of rotatable bonds is 2. The summed E-state index contributed by atoms with van der Waals surface area (Å²) < 4.78 is 23.4. The number of nitrogens with zero attached hydrogens (tertiary/aromatic N) is 2. The van der Waals surface area contributed by atoms with Crippen molar-refractivity contribution in [2.75, 3.05) is 32.4 Å². The fourth-order valence-electron chi connectivity index (χ4n) is 2.80. The third-order valence-corrected chi connectivity index (χ3v) is 7.31. The largest absolute Gasteiger partial charge is 0.356 e. The second kappa shape index (κ2) is 4.90. The first kappa shape index (κ1) is 15.6. The van der Waals surface area contributed by atoms with Crippen LogP contribution >= 0.6 is 0 Å². The van der Waals surface area contributed by atoms with Crippen LogP contribution in [-0.2, 0) is 9.84 Å². The predicted molar refractivity (Wildman–Crippen MR) is 82.7 cm³/mol. The Morgan fingerprint density at radius 2 is 1.95 bits per heavy atom. The van der Waals surface area contributed by atoms with Crippen molar-refractivity contribution in [3.05, 3.63) is 0 Å². The highest BCUT2D eigenvalue weighted by atomic mass is 32.2. The van der Waals surface area contributed by atoms with E-state index in [4.69, 9.17) is 0 Å². The molecule has 0 radical (unpaired) electrons. The Bertz CT molecular complexity index is 509. The Balaban J connectivity index is 1.96. The maximum atomic E-state index is 12.0. The fourth-order valence-corrected chi connectivity index (χ4v) is 4.16. The zero-order valence-corrected chi connectivity index (χ0v) is 14.0. The minimum atomic E-state index is -3.00. The van der Waals surface area contributed by atoms with E-state index in [9.17, 15) is 8.42 Å². The average molecular weight is 301 g/mol. The number of hydrogen-bond donors (Lipinski definition) is 1. The molecule has 5 nitrogen and oxygen atoms in total. The summed E-state index contributed by atoms with van der Waals surface area (Å²) in [6.07, 6.45) is 1.25. The van der Waals surface area contributed by atoms with E-state index in [1.807, 2.05) is 0 Å². The van der Waals surface area contributed by atoms with E-state index in [0.29, 0.717) is 24.4 Å². The zero-order valence-electron chi connectivity index (χ0n) is 13.2. The number of aliphatic imine (C=N–C) groups is 1. The highest BCUT2D eigenvalue weighted by Crippen LogP contribution is 2.50. The first-order valence-corrected chi connectivity index (χ1v) is 8.92. The van der Waals surface area contributed by atoms with Gasteiger partial charge in [0.25, 0.3) is 0 Å². The molecule has 0 aromatic carbocycles. The molecule has 0 aromatic rings. The summed E-state index contributed by atoms with van der Waals surface area (Å²) >= 11 is 0. The van der Waals surface area contributed by atoms with Gasteiger partial charge in [-0.25, -0.2) is 8.42 Å². The third-order valence-electron chi connectivity index (χ3n) is 4.78. The lowest BCUT2D eigenvalue weighted by atomic mass is 10.1. The second-order valence-corrected chi connectivity index (χ2v) is 10.1. The van der Waals surface area contributed by atoms with Crippen molar-refractivity contribution in [1.29, 1.82) is 0 Å². The molecule has 116 valence electrons. The van der Waals surface area contributed by atoms with E-state index in [1.165, 1.54) is 6.42 Å². The third kappa shape index (κ3) is 2.95. The molecule has 0 bridgehead atoms. The lowest BCUT2D eigenvalue weighted by Gasteiger charge is -2.39. The van der Waals surface area contributed by atoms with Crippen molar-refractivity contribution in [3.63, 3.8) is 0 Å². The van der Waals surface area contributed by atoms with E-state index in [1.54, 1.807) is 20.9 Å². The van der Waals surface area contributed by atoms with Gasteiger partial charge in [-0.15, -0.1) is 0 Å². The van der Waals surface area contributed by atoms with E-state index in [0.717, 1.165) is 12.5 Å². The zero-order chi connectivity index (χ0) is 15.2. The average Bonchev–Trinajstić information content (AvgIpc) is 2.92. The number of hydrogen-bond acceptors (Lipinski definition) is 3. The Kier molecular flexibility index (Phi) is 3.82. The molecule has 1 saturated carbocycles. The molecule has 0 aromatic heterocycles. The second-order valence-electron chi connectivity index (χ2n) is 7.32. The van der Waals surface area contributed by atoms with Gasteiger partial charge in [-0.05, 0) is 31.6 Å². The van der Waals surface area contributed by atoms with Crippen LogP contribution in [0.1, 0.15) is 34.1 Å². The molecule has 2 rings (SSSR count). The Labute approximate surface area is 122 Å². The molecule has 1 saturated heterocycles. The van der Waals surface area contributed by atoms with Crippen molar-refractivity contribution in [2.24, 2.45) is 16.3 Å². The van der Waals surface area contributed by atoms with Gasteiger partial charge >= 0.3 is 0 Å². The quantitative estimate of drug-likeness (QED) is 0.613. The fraction of sp³-hybridized carbons (Fsp3) is 0.929. The predicted octanol–water partition coefficient (Wildman–Crippen LogP) is 1.12. The van der Waals surface area contributed by atoms with Crippen molar-refractivity contribution < 1.29 is 8.42 Å². The van der Waals surface area contributed by atoms with Crippen LogP contribution in [0.4, 0.5) is 0 Å². The van der Waals surface area contributed by atoms with Crippen LogP contribution in [0.15, 0.2) is 4.99 Å². The monoisotopic (exact) mass is 301 g/mol. The van der Waals surface area contributed by atoms with Crippen molar-refractivity contribution in [3.8, 4) is 0 Å². The SMILES string of the molecule is CN=C(NCC1CC1(C)C)N1CCS(=O)(=O)C(C)(C)C1. The minimum absolute atomic E-state index is 0.204. The van der Waals surface area contributed by atoms with Crippen LogP contribution in [0.5, 0.6) is 0 Å². The van der Waals surface area contributed by atoms with Crippen molar-refractivity contribution >= 4 is 15.8 Å². The topological polar surface area (TPSA) is 61.8 Å². The molecule has 1 unspecified atom stereocenters. The molecule has 1 atom stereocenters. The molecule has 1 aliphatic carbocycles. The highest BCUT2D eigenvalue weighted by molar-refractivity contribution is 7.92. The number of nitrogens with one attached hydrogen (secondary N) is 1. The molecule has 0 amide bonds. The first-order chi connectivity index (χ1) is 9.09.